The molecule has 0 aliphatic carbocycles. The largest absolute Gasteiger partial charge is 0.405 e. The van der Waals surface area contributed by atoms with Crippen LogP contribution >= 0.6 is 0 Å². The molecule has 7 heteroatoms. The summed E-state index contributed by atoms with van der Waals surface area (Å²) in [6.45, 7) is 8.60. The molecule has 1 saturated heterocycles. The van der Waals surface area contributed by atoms with Gasteiger partial charge in [-0.05, 0) is 48.4 Å². The smallest absolute Gasteiger partial charge is 0.175 e. The van der Waals surface area contributed by atoms with Crippen molar-refractivity contribution in [2.75, 3.05) is 37.6 Å². The maximum atomic E-state index is 8.01. The summed E-state index contributed by atoms with van der Waals surface area (Å²) in [5.74, 6) is 0.572. The second-order valence-electron chi connectivity index (χ2n) is 7.30. The molecule has 2 rings (SSSR count). The highest BCUT2D eigenvalue weighted by Crippen LogP contribution is 2.26. The van der Waals surface area contributed by atoms with Crippen molar-refractivity contribution in [2.45, 2.75) is 20.3 Å². The third kappa shape index (κ3) is 5.92. The zero-order chi connectivity index (χ0) is 19.8. The van der Waals surface area contributed by atoms with Gasteiger partial charge in [-0.25, -0.2) is 5.53 Å². The van der Waals surface area contributed by atoms with Crippen molar-refractivity contribution in [1.29, 1.82) is 10.9 Å². The van der Waals surface area contributed by atoms with E-state index < -0.39 is 0 Å². The highest BCUT2D eigenvalue weighted by Gasteiger charge is 2.21. The first-order chi connectivity index (χ1) is 12.9. The van der Waals surface area contributed by atoms with Crippen molar-refractivity contribution in [3.63, 3.8) is 0 Å². The van der Waals surface area contributed by atoms with Crippen LogP contribution in [-0.4, -0.2) is 43.5 Å². The zero-order valence-electron chi connectivity index (χ0n) is 16.3. The fourth-order valence-electron chi connectivity index (χ4n) is 3.33. The van der Waals surface area contributed by atoms with Crippen LogP contribution in [0, 0.1) is 16.9 Å². The lowest BCUT2D eigenvalue weighted by Gasteiger charge is -2.37. The van der Waals surface area contributed by atoms with Crippen molar-refractivity contribution in [2.24, 2.45) is 22.5 Å². The molecule has 0 amide bonds. The highest BCUT2D eigenvalue weighted by molar-refractivity contribution is 6.01. The molecule has 146 valence electrons. The third-order valence-corrected chi connectivity index (χ3v) is 4.61. The summed E-state index contributed by atoms with van der Waals surface area (Å²) in [5, 5.41) is 11.4. The van der Waals surface area contributed by atoms with E-state index in [0.717, 1.165) is 56.1 Å². The number of anilines is 1. The van der Waals surface area contributed by atoms with Crippen LogP contribution in [0.1, 0.15) is 25.0 Å². The van der Waals surface area contributed by atoms with Gasteiger partial charge in [0.2, 0.25) is 0 Å². The monoisotopic (exact) mass is 369 g/mol. The van der Waals surface area contributed by atoms with E-state index in [9.17, 15) is 0 Å². The van der Waals surface area contributed by atoms with Crippen molar-refractivity contribution < 1.29 is 0 Å². The van der Waals surface area contributed by atoms with Crippen LogP contribution in [-0.2, 0) is 6.42 Å². The fraction of sp³-hybridized carbons (Fsp3) is 0.450. The van der Waals surface area contributed by atoms with E-state index in [0.29, 0.717) is 5.92 Å². The van der Waals surface area contributed by atoms with Gasteiger partial charge in [0, 0.05) is 49.7 Å². The van der Waals surface area contributed by atoms with Crippen molar-refractivity contribution in [3.05, 3.63) is 53.4 Å². The first-order valence-electron chi connectivity index (χ1n) is 9.34. The van der Waals surface area contributed by atoms with Crippen molar-refractivity contribution in [3.8, 4) is 0 Å². The summed E-state index contributed by atoms with van der Waals surface area (Å²) in [6, 6.07) is 6.13. The van der Waals surface area contributed by atoms with Gasteiger partial charge in [-0.2, -0.15) is 0 Å². The molecule has 0 aromatic heterocycles. The van der Waals surface area contributed by atoms with Gasteiger partial charge in [0.05, 0.1) is 0 Å². The summed E-state index contributed by atoms with van der Waals surface area (Å²) < 4.78 is 0. The number of nitrogens with two attached hydrogens (primary N) is 2. The number of benzene rings is 1. The van der Waals surface area contributed by atoms with Crippen LogP contribution < -0.4 is 16.4 Å². The molecule has 0 unspecified atom stereocenters. The van der Waals surface area contributed by atoms with Gasteiger partial charge >= 0.3 is 0 Å². The van der Waals surface area contributed by atoms with Crippen molar-refractivity contribution in [1.82, 2.24) is 4.90 Å². The number of rotatable bonds is 7. The molecule has 1 fully saturated rings. The molecule has 1 aromatic carbocycles. The lowest BCUT2D eigenvalue weighted by atomic mass is 9.99. The highest BCUT2D eigenvalue weighted by atomic mass is 15.3. The maximum absolute atomic E-state index is 8.01. The SMILES string of the molecule is CC(C)Cc1ccc(C(=N)N=N)c(N2CCN(C/C(N)=C/C=C\N)CC2)c1. The number of nitrogens with one attached hydrogen (secondary N) is 2. The Labute approximate surface area is 161 Å². The van der Waals surface area contributed by atoms with E-state index in [1.165, 1.54) is 11.8 Å². The van der Waals surface area contributed by atoms with Gasteiger partial charge in [-0.3, -0.25) is 10.3 Å². The molecule has 0 atom stereocenters. The molecule has 1 aromatic rings. The normalized spacial score (nSPS) is 16.3. The number of allylic oxidation sites excluding steroid dienone is 2. The summed E-state index contributed by atoms with van der Waals surface area (Å²) >= 11 is 0. The zero-order valence-corrected chi connectivity index (χ0v) is 16.3. The van der Waals surface area contributed by atoms with Crippen LogP contribution in [0.15, 0.2) is 47.4 Å². The summed E-state index contributed by atoms with van der Waals surface area (Å²) in [7, 11) is 0. The average Bonchev–Trinajstić information content (AvgIpc) is 2.66. The Morgan fingerprint density at radius 1 is 1.26 bits per heavy atom. The molecule has 6 N–H and O–H groups in total. The quantitative estimate of drug-likeness (QED) is 0.256. The molecule has 0 saturated carbocycles. The summed E-state index contributed by atoms with van der Waals surface area (Å²) in [4.78, 5) is 4.60. The summed E-state index contributed by atoms with van der Waals surface area (Å²) in [6.07, 6.45) is 6.04. The van der Waals surface area contributed by atoms with Crippen LogP contribution in [0.5, 0.6) is 0 Å². The number of hydrogen-bond donors (Lipinski definition) is 4. The Morgan fingerprint density at radius 3 is 2.56 bits per heavy atom. The van der Waals surface area contributed by atoms with E-state index >= 15 is 0 Å². The number of amidine groups is 1. The molecular formula is C20H31N7. The Morgan fingerprint density at radius 2 is 1.96 bits per heavy atom. The van der Waals surface area contributed by atoms with Crippen molar-refractivity contribution >= 4 is 11.5 Å². The predicted octanol–water partition coefficient (Wildman–Crippen LogP) is 2.68. The fourth-order valence-corrected chi connectivity index (χ4v) is 3.33. The molecule has 7 nitrogen and oxygen atoms in total. The summed E-state index contributed by atoms with van der Waals surface area (Å²) in [5.41, 5.74) is 22.4. The Balaban J connectivity index is 2.13. The molecule has 1 aliphatic rings. The van der Waals surface area contributed by atoms with Crippen LogP contribution in [0.2, 0.25) is 0 Å². The van der Waals surface area contributed by atoms with Crippen LogP contribution in [0.4, 0.5) is 5.69 Å². The Hall–Kier alpha value is -2.67. The van der Waals surface area contributed by atoms with Crippen LogP contribution in [0.3, 0.4) is 0 Å². The van der Waals surface area contributed by atoms with Gasteiger partial charge in [0.1, 0.15) is 0 Å². The first-order valence-corrected chi connectivity index (χ1v) is 9.34. The topological polar surface area (TPSA) is 119 Å². The number of nitrogens with zero attached hydrogens (tertiary/aromatic N) is 3. The van der Waals surface area contributed by atoms with E-state index in [2.05, 4.69) is 34.8 Å². The van der Waals surface area contributed by atoms with Gasteiger partial charge in [-0.1, -0.05) is 19.9 Å². The third-order valence-electron chi connectivity index (χ3n) is 4.61. The Kier molecular flexibility index (Phi) is 7.55. The standard InChI is InChI=1S/C20H31N7/c1-15(2)12-16-5-6-18(20(23)25-24)19(13-16)27-10-8-26(9-11-27)14-17(22)4-3-7-21/h3-7,13,15,23-24H,8-12,14,21-22H2,1-2H3/b7-3-,17-4-,23-20?,25-24?. The molecule has 1 aliphatic heterocycles. The predicted molar refractivity (Wildman–Crippen MR) is 111 cm³/mol. The lowest BCUT2D eigenvalue weighted by Crippen LogP contribution is -2.47. The van der Waals surface area contributed by atoms with Gasteiger partial charge in [0.15, 0.2) is 5.84 Å². The second kappa shape index (κ2) is 9.87. The van der Waals surface area contributed by atoms with Gasteiger partial charge in [-0.15, -0.1) is 5.11 Å². The van der Waals surface area contributed by atoms with Gasteiger partial charge in [0.25, 0.3) is 0 Å². The van der Waals surface area contributed by atoms with E-state index in [4.69, 9.17) is 22.4 Å². The van der Waals surface area contributed by atoms with Crippen LogP contribution in [0.25, 0.3) is 0 Å². The minimum absolute atomic E-state index is 0.00396. The second-order valence-corrected chi connectivity index (χ2v) is 7.30. The molecule has 0 radical (unpaired) electrons. The van der Waals surface area contributed by atoms with Gasteiger partial charge < -0.3 is 16.4 Å². The minimum Gasteiger partial charge on any atom is -0.405 e. The van der Waals surface area contributed by atoms with E-state index in [1.807, 2.05) is 18.2 Å². The maximum Gasteiger partial charge on any atom is 0.175 e. The first kappa shape index (κ1) is 20.6. The number of hydrogen-bond acceptors (Lipinski definition) is 6. The molecule has 0 spiro atoms. The minimum atomic E-state index is 0.00396. The molecular weight excluding hydrogens is 338 g/mol. The average molecular weight is 370 g/mol. The van der Waals surface area contributed by atoms with E-state index in [1.54, 1.807) is 6.08 Å². The Bertz CT molecular complexity index is 713. The number of piperazine rings is 1. The molecule has 0 bridgehead atoms. The van der Waals surface area contributed by atoms with E-state index in [-0.39, 0.29) is 5.84 Å². The molecule has 27 heavy (non-hydrogen) atoms. The lowest BCUT2D eigenvalue weighted by molar-refractivity contribution is 0.277. The molecule has 1 heterocycles.